The van der Waals surface area contributed by atoms with Gasteiger partial charge in [-0.3, -0.25) is 9.59 Å². The van der Waals surface area contributed by atoms with Gasteiger partial charge in [-0.2, -0.15) is 11.8 Å². The summed E-state index contributed by atoms with van der Waals surface area (Å²) in [7, 11) is 3.31. The zero-order valence-corrected chi connectivity index (χ0v) is 16.9. The molecule has 0 saturated carbocycles. The van der Waals surface area contributed by atoms with E-state index >= 15 is 0 Å². The first-order valence-electron chi connectivity index (χ1n) is 8.86. The number of nitrogens with zero attached hydrogens (tertiary/aromatic N) is 1. The van der Waals surface area contributed by atoms with Crippen molar-refractivity contribution in [2.24, 2.45) is 0 Å². The molecule has 0 aliphatic carbocycles. The summed E-state index contributed by atoms with van der Waals surface area (Å²) in [5, 5.41) is 8.63. The fourth-order valence-corrected chi connectivity index (χ4v) is 3.31. The maximum absolute atomic E-state index is 12.2. The van der Waals surface area contributed by atoms with Crippen LogP contribution in [-0.4, -0.2) is 47.5 Å². The molecule has 0 atom stereocenters. The molecule has 0 spiro atoms. The van der Waals surface area contributed by atoms with Crippen LogP contribution in [0.4, 0.5) is 0 Å². The predicted molar refractivity (Wildman–Crippen MR) is 110 cm³/mol. The van der Waals surface area contributed by atoms with Gasteiger partial charge in [-0.15, -0.1) is 0 Å². The number of carbonyl (C=O) groups is 2. The van der Waals surface area contributed by atoms with Gasteiger partial charge in [0.15, 0.2) is 11.5 Å². The first-order valence-corrected chi connectivity index (χ1v) is 10.0. The lowest BCUT2D eigenvalue weighted by molar-refractivity contribution is -0.136. The van der Waals surface area contributed by atoms with Gasteiger partial charge in [0, 0.05) is 19.3 Å². The summed E-state index contributed by atoms with van der Waals surface area (Å²) in [6, 6.07) is 15.5. The number of aliphatic carboxylic acids is 1. The quantitative estimate of drug-likeness (QED) is 0.579. The van der Waals surface area contributed by atoms with E-state index in [0.29, 0.717) is 30.4 Å². The van der Waals surface area contributed by atoms with Gasteiger partial charge in [0.05, 0.1) is 19.3 Å². The van der Waals surface area contributed by atoms with E-state index in [-0.39, 0.29) is 18.1 Å². The standard InChI is InChI=1S/C21H25NO5S/c1-22(20(23)15-28-11-10-21(24)25)13-17-8-9-18(19(12-17)26-2)27-14-16-6-4-3-5-7-16/h3-9,12H,10-11,13-15H2,1-2H3,(H,24,25). The minimum absolute atomic E-state index is 0.0428. The van der Waals surface area contributed by atoms with E-state index in [1.54, 1.807) is 19.1 Å². The van der Waals surface area contributed by atoms with E-state index in [4.69, 9.17) is 14.6 Å². The van der Waals surface area contributed by atoms with Crippen LogP contribution in [0.2, 0.25) is 0 Å². The van der Waals surface area contributed by atoms with Crippen molar-refractivity contribution in [3.63, 3.8) is 0 Å². The maximum Gasteiger partial charge on any atom is 0.304 e. The largest absolute Gasteiger partial charge is 0.493 e. The molecule has 1 N–H and O–H groups in total. The van der Waals surface area contributed by atoms with Crippen LogP contribution in [0.5, 0.6) is 11.5 Å². The van der Waals surface area contributed by atoms with Crippen molar-refractivity contribution in [1.29, 1.82) is 0 Å². The molecule has 2 aromatic carbocycles. The van der Waals surface area contributed by atoms with E-state index in [9.17, 15) is 9.59 Å². The Hall–Kier alpha value is -2.67. The lowest BCUT2D eigenvalue weighted by Gasteiger charge is -2.18. The SMILES string of the molecule is COc1cc(CN(C)C(=O)CSCCC(=O)O)ccc1OCc1ccccc1. The fourth-order valence-electron chi connectivity index (χ4n) is 2.46. The smallest absolute Gasteiger partial charge is 0.304 e. The molecule has 0 radical (unpaired) electrons. The third-order valence-electron chi connectivity index (χ3n) is 4.00. The molecular weight excluding hydrogens is 378 g/mol. The van der Waals surface area contributed by atoms with Gasteiger partial charge in [0.1, 0.15) is 6.61 Å². The number of carbonyl (C=O) groups excluding carboxylic acids is 1. The van der Waals surface area contributed by atoms with E-state index in [0.717, 1.165) is 11.1 Å². The number of benzene rings is 2. The van der Waals surface area contributed by atoms with Gasteiger partial charge < -0.3 is 19.5 Å². The van der Waals surface area contributed by atoms with E-state index < -0.39 is 5.97 Å². The number of carboxylic acids is 1. The highest BCUT2D eigenvalue weighted by molar-refractivity contribution is 7.99. The normalized spacial score (nSPS) is 10.4. The van der Waals surface area contributed by atoms with Gasteiger partial charge in [-0.05, 0) is 23.3 Å². The monoisotopic (exact) mass is 403 g/mol. The van der Waals surface area contributed by atoms with Crippen molar-refractivity contribution in [3.8, 4) is 11.5 Å². The highest BCUT2D eigenvalue weighted by Crippen LogP contribution is 2.29. The highest BCUT2D eigenvalue weighted by atomic mass is 32.2. The van der Waals surface area contributed by atoms with Crippen molar-refractivity contribution in [1.82, 2.24) is 4.90 Å². The van der Waals surface area contributed by atoms with Crippen LogP contribution in [0, 0.1) is 0 Å². The lowest BCUT2D eigenvalue weighted by atomic mass is 10.2. The summed E-state index contributed by atoms with van der Waals surface area (Å²) >= 11 is 1.33. The van der Waals surface area contributed by atoms with Crippen molar-refractivity contribution in [2.75, 3.05) is 25.7 Å². The Bertz CT molecular complexity index is 782. The van der Waals surface area contributed by atoms with Crippen LogP contribution >= 0.6 is 11.8 Å². The van der Waals surface area contributed by atoms with Gasteiger partial charge in [0.2, 0.25) is 5.91 Å². The molecule has 0 unspecified atom stereocenters. The summed E-state index contributed by atoms with van der Waals surface area (Å²) in [5.41, 5.74) is 2.00. The number of carboxylic acid groups (broad SMARTS) is 1. The summed E-state index contributed by atoms with van der Waals surface area (Å²) in [5.74, 6) is 1.06. The minimum Gasteiger partial charge on any atom is -0.493 e. The predicted octanol–water partition coefficient (Wildman–Crippen LogP) is 3.44. The number of rotatable bonds is 11. The highest BCUT2D eigenvalue weighted by Gasteiger charge is 2.12. The summed E-state index contributed by atoms with van der Waals surface area (Å²) in [6.45, 7) is 0.885. The van der Waals surface area contributed by atoms with Gasteiger partial charge in [-0.25, -0.2) is 0 Å². The molecule has 2 rings (SSSR count). The van der Waals surface area contributed by atoms with Gasteiger partial charge in [0.25, 0.3) is 0 Å². The van der Waals surface area contributed by atoms with Crippen LogP contribution in [0.3, 0.4) is 0 Å². The zero-order chi connectivity index (χ0) is 20.4. The Balaban J connectivity index is 1.89. The first-order chi connectivity index (χ1) is 13.5. The average Bonchev–Trinajstić information content (AvgIpc) is 2.70. The Morgan fingerprint density at radius 2 is 1.82 bits per heavy atom. The second-order valence-electron chi connectivity index (χ2n) is 6.21. The molecular formula is C21H25NO5S. The van der Waals surface area contributed by atoms with Crippen molar-refractivity contribution >= 4 is 23.6 Å². The lowest BCUT2D eigenvalue weighted by Crippen LogP contribution is -2.28. The molecule has 0 saturated heterocycles. The summed E-state index contributed by atoms with van der Waals surface area (Å²) in [6.07, 6.45) is 0.0588. The van der Waals surface area contributed by atoms with Crippen molar-refractivity contribution in [3.05, 3.63) is 59.7 Å². The molecule has 0 fully saturated rings. The fraction of sp³-hybridized carbons (Fsp3) is 0.333. The summed E-state index contributed by atoms with van der Waals surface area (Å²) in [4.78, 5) is 24.3. The molecule has 0 aliphatic heterocycles. The number of amides is 1. The Morgan fingerprint density at radius 3 is 2.50 bits per heavy atom. The van der Waals surface area contributed by atoms with Crippen molar-refractivity contribution in [2.45, 2.75) is 19.6 Å². The molecule has 28 heavy (non-hydrogen) atoms. The molecule has 0 heterocycles. The zero-order valence-electron chi connectivity index (χ0n) is 16.1. The average molecular weight is 404 g/mol. The van der Waals surface area contributed by atoms with E-state index in [2.05, 4.69) is 0 Å². The Kier molecular flexibility index (Phi) is 8.68. The Labute approximate surface area is 169 Å². The van der Waals surface area contributed by atoms with Crippen LogP contribution < -0.4 is 9.47 Å². The first kappa shape index (κ1) is 21.6. The molecule has 7 heteroatoms. The Morgan fingerprint density at radius 1 is 1.07 bits per heavy atom. The molecule has 6 nitrogen and oxygen atoms in total. The van der Waals surface area contributed by atoms with Gasteiger partial charge in [-0.1, -0.05) is 36.4 Å². The second-order valence-corrected chi connectivity index (χ2v) is 7.31. The summed E-state index contributed by atoms with van der Waals surface area (Å²) < 4.78 is 11.3. The number of thioether (sulfide) groups is 1. The molecule has 1 amide bonds. The van der Waals surface area contributed by atoms with Crippen LogP contribution in [0.1, 0.15) is 17.5 Å². The molecule has 0 bridgehead atoms. The van der Waals surface area contributed by atoms with E-state index in [1.165, 1.54) is 11.8 Å². The number of hydrogen-bond donors (Lipinski definition) is 1. The van der Waals surface area contributed by atoms with Crippen molar-refractivity contribution < 1.29 is 24.2 Å². The molecule has 2 aromatic rings. The second kappa shape index (κ2) is 11.2. The number of methoxy groups -OCH3 is 1. The van der Waals surface area contributed by atoms with Gasteiger partial charge >= 0.3 is 5.97 Å². The molecule has 150 valence electrons. The number of ether oxygens (including phenoxy) is 2. The van der Waals surface area contributed by atoms with E-state index in [1.807, 2.05) is 48.5 Å². The van der Waals surface area contributed by atoms with Crippen LogP contribution in [0.15, 0.2) is 48.5 Å². The molecule has 0 aliphatic rings. The number of hydrogen-bond acceptors (Lipinski definition) is 5. The minimum atomic E-state index is -0.852. The molecule has 0 aromatic heterocycles. The topological polar surface area (TPSA) is 76.1 Å². The third-order valence-corrected chi connectivity index (χ3v) is 4.94. The van der Waals surface area contributed by atoms with Crippen LogP contribution in [-0.2, 0) is 22.7 Å². The maximum atomic E-state index is 12.2. The third kappa shape index (κ3) is 7.15. The van der Waals surface area contributed by atoms with Crippen LogP contribution in [0.25, 0.3) is 0 Å².